The van der Waals surface area contributed by atoms with Crippen LogP contribution in [-0.4, -0.2) is 13.2 Å². The average molecular weight is 219 g/mol. The molecule has 0 spiro atoms. The Morgan fingerprint density at radius 1 is 1.31 bits per heavy atom. The number of benzene rings is 1. The molecule has 3 nitrogen and oxygen atoms in total. The molecule has 2 unspecified atom stereocenters. The summed E-state index contributed by atoms with van der Waals surface area (Å²) in [5, 5.41) is 0. The standard InChI is InChI=1S/C13H17NO2/c1-8-13(14-15-2)11-6-9-4-3-5-10(9)7-12(11)16-8/h6-8,13-14H,3-5H2,1-2H3. The maximum Gasteiger partial charge on any atom is 0.125 e. The minimum atomic E-state index is 0.137. The van der Waals surface area contributed by atoms with Crippen LogP contribution in [0.15, 0.2) is 12.1 Å². The first-order chi connectivity index (χ1) is 7.79. The number of hydrogen-bond donors (Lipinski definition) is 1. The van der Waals surface area contributed by atoms with Gasteiger partial charge in [-0.25, -0.2) is 0 Å². The Bertz CT molecular complexity index is 417. The molecule has 0 saturated heterocycles. The molecule has 0 aromatic heterocycles. The lowest BCUT2D eigenvalue weighted by atomic mass is 10.0. The molecule has 1 heterocycles. The molecule has 1 aliphatic carbocycles. The van der Waals surface area contributed by atoms with Gasteiger partial charge < -0.3 is 9.57 Å². The fourth-order valence-corrected chi connectivity index (χ4v) is 2.77. The predicted octanol–water partition coefficient (Wildman–Crippen LogP) is 2.15. The Morgan fingerprint density at radius 3 is 2.81 bits per heavy atom. The van der Waals surface area contributed by atoms with Gasteiger partial charge in [0, 0.05) is 5.56 Å². The highest BCUT2D eigenvalue weighted by Gasteiger charge is 2.32. The van der Waals surface area contributed by atoms with E-state index >= 15 is 0 Å². The minimum Gasteiger partial charge on any atom is -0.488 e. The van der Waals surface area contributed by atoms with E-state index in [0.717, 1.165) is 5.75 Å². The molecule has 16 heavy (non-hydrogen) atoms. The summed E-state index contributed by atoms with van der Waals surface area (Å²) in [5.74, 6) is 1.03. The monoisotopic (exact) mass is 219 g/mol. The zero-order valence-electron chi connectivity index (χ0n) is 9.75. The van der Waals surface area contributed by atoms with E-state index in [4.69, 9.17) is 9.57 Å². The van der Waals surface area contributed by atoms with Gasteiger partial charge in [-0.05, 0) is 43.4 Å². The molecule has 1 aromatic carbocycles. The first kappa shape index (κ1) is 10.1. The van der Waals surface area contributed by atoms with Crippen molar-refractivity contribution < 1.29 is 9.57 Å². The van der Waals surface area contributed by atoms with Crippen LogP contribution < -0.4 is 10.2 Å². The zero-order chi connectivity index (χ0) is 11.1. The molecule has 1 N–H and O–H groups in total. The van der Waals surface area contributed by atoms with Crippen molar-refractivity contribution in [2.24, 2.45) is 0 Å². The number of nitrogens with one attached hydrogen (secondary N) is 1. The quantitative estimate of drug-likeness (QED) is 0.773. The zero-order valence-corrected chi connectivity index (χ0v) is 9.75. The maximum absolute atomic E-state index is 5.85. The normalized spacial score (nSPS) is 26.4. The van der Waals surface area contributed by atoms with Crippen LogP contribution in [0.2, 0.25) is 0 Å². The SMILES string of the molecule is CONC1c2cc3c(cc2OC1C)CCC3. The van der Waals surface area contributed by atoms with E-state index < -0.39 is 0 Å². The van der Waals surface area contributed by atoms with Gasteiger partial charge in [0.15, 0.2) is 0 Å². The Balaban J connectivity index is 2.01. The van der Waals surface area contributed by atoms with Crippen LogP contribution in [0.25, 0.3) is 0 Å². The van der Waals surface area contributed by atoms with Crippen molar-refractivity contribution in [3.05, 3.63) is 28.8 Å². The first-order valence-corrected chi connectivity index (χ1v) is 5.90. The van der Waals surface area contributed by atoms with Gasteiger partial charge in [0.05, 0.1) is 13.2 Å². The van der Waals surface area contributed by atoms with Crippen molar-refractivity contribution in [2.45, 2.75) is 38.3 Å². The second kappa shape index (κ2) is 3.75. The van der Waals surface area contributed by atoms with Crippen LogP contribution in [0.3, 0.4) is 0 Å². The van der Waals surface area contributed by atoms with Gasteiger partial charge >= 0.3 is 0 Å². The molecule has 3 rings (SSSR count). The summed E-state index contributed by atoms with van der Waals surface area (Å²) in [4.78, 5) is 5.04. The highest BCUT2D eigenvalue weighted by Crippen LogP contribution is 2.40. The van der Waals surface area contributed by atoms with Crippen LogP contribution >= 0.6 is 0 Å². The van der Waals surface area contributed by atoms with Crippen LogP contribution in [-0.2, 0) is 17.7 Å². The fraction of sp³-hybridized carbons (Fsp3) is 0.538. The molecular formula is C13H17NO2. The molecule has 0 bridgehead atoms. The van der Waals surface area contributed by atoms with E-state index in [9.17, 15) is 0 Å². The van der Waals surface area contributed by atoms with Gasteiger partial charge in [-0.1, -0.05) is 6.07 Å². The Labute approximate surface area is 95.7 Å². The summed E-state index contributed by atoms with van der Waals surface area (Å²) in [7, 11) is 1.65. The van der Waals surface area contributed by atoms with Crippen LogP contribution in [0.1, 0.15) is 36.1 Å². The van der Waals surface area contributed by atoms with Crippen LogP contribution in [0.5, 0.6) is 5.75 Å². The van der Waals surface area contributed by atoms with Gasteiger partial charge in [-0.15, -0.1) is 0 Å². The average Bonchev–Trinajstić information content (AvgIpc) is 2.81. The third-order valence-electron chi connectivity index (χ3n) is 3.59. The first-order valence-electron chi connectivity index (χ1n) is 5.90. The molecule has 2 aliphatic rings. The summed E-state index contributed by atoms with van der Waals surface area (Å²) < 4.78 is 5.85. The predicted molar refractivity (Wildman–Crippen MR) is 61.4 cm³/mol. The Morgan fingerprint density at radius 2 is 2.06 bits per heavy atom. The van der Waals surface area contributed by atoms with Crippen molar-refractivity contribution in [1.29, 1.82) is 0 Å². The molecule has 1 aliphatic heterocycles. The lowest BCUT2D eigenvalue weighted by molar-refractivity contribution is 0.0339. The summed E-state index contributed by atoms with van der Waals surface area (Å²) in [6.45, 7) is 2.07. The highest BCUT2D eigenvalue weighted by molar-refractivity contribution is 5.48. The minimum absolute atomic E-state index is 0.137. The molecular weight excluding hydrogens is 202 g/mol. The smallest absolute Gasteiger partial charge is 0.125 e. The second-order valence-electron chi connectivity index (χ2n) is 4.63. The molecule has 0 saturated carbocycles. The summed E-state index contributed by atoms with van der Waals surface area (Å²) in [6, 6.07) is 4.66. The number of fused-ring (bicyclic) bond motifs is 2. The fourth-order valence-electron chi connectivity index (χ4n) is 2.77. The third-order valence-corrected chi connectivity index (χ3v) is 3.59. The van der Waals surface area contributed by atoms with E-state index in [1.807, 2.05) is 0 Å². The third kappa shape index (κ3) is 1.43. The highest BCUT2D eigenvalue weighted by atomic mass is 16.6. The molecule has 0 fully saturated rings. The molecule has 3 heteroatoms. The maximum atomic E-state index is 5.85. The van der Waals surface area contributed by atoms with Crippen molar-refractivity contribution >= 4 is 0 Å². The summed E-state index contributed by atoms with van der Waals surface area (Å²) >= 11 is 0. The van der Waals surface area contributed by atoms with Gasteiger partial charge in [0.1, 0.15) is 11.9 Å². The molecule has 0 radical (unpaired) electrons. The van der Waals surface area contributed by atoms with E-state index in [-0.39, 0.29) is 12.1 Å². The molecule has 2 atom stereocenters. The van der Waals surface area contributed by atoms with Crippen LogP contribution in [0, 0.1) is 0 Å². The molecule has 86 valence electrons. The number of ether oxygens (including phenoxy) is 1. The Hall–Kier alpha value is -1.06. The number of aryl methyl sites for hydroxylation is 2. The van der Waals surface area contributed by atoms with Gasteiger partial charge in [-0.3, -0.25) is 0 Å². The van der Waals surface area contributed by atoms with Crippen LogP contribution in [0.4, 0.5) is 0 Å². The molecule has 0 amide bonds. The number of hydrogen-bond acceptors (Lipinski definition) is 3. The van der Waals surface area contributed by atoms with E-state index in [1.54, 1.807) is 7.11 Å². The lowest BCUT2D eigenvalue weighted by Crippen LogP contribution is -2.27. The Kier molecular flexibility index (Phi) is 2.37. The van der Waals surface area contributed by atoms with Gasteiger partial charge in [0.2, 0.25) is 0 Å². The van der Waals surface area contributed by atoms with Gasteiger partial charge in [0.25, 0.3) is 0 Å². The molecule has 1 aromatic rings. The van der Waals surface area contributed by atoms with E-state index in [2.05, 4.69) is 24.5 Å². The lowest BCUT2D eigenvalue weighted by Gasteiger charge is -2.14. The van der Waals surface area contributed by atoms with E-state index in [1.165, 1.54) is 36.0 Å². The van der Waals surface area contributed by atoms with Crippen molar-refractivity contribution in [3.8, 4) is 5.75 Å². The largest absolute Gasteiger partial charge is 0.488 e. The number of hydroxylamine groups is 1. The summed E-state index contributed by atoms with van der Waals surface area (Å²) in [6.07, 6.45) is 3.81. The van der Waals surface area contributed by atoms with Crippen molar-refractivity contribution in [1.82, 2.24) is 5.48 Å². The van der Waals surface area contributed by atoms with Gasteiger partial charge in [-0.2, -0.15) is 5.48 Å². The van der Waals surface area contributed by atoms with Crippen molar-refractivity contribution in [3.63, 3.8) is 0 Å². The van der Waals surface area contributed by atoms with E-state index in [0.29, 0.717) is 0 Å². The second-order valence-corrected chi connectivity index (χ2v) is 4.63. The number of rotatable bonds is 2. The topological polar surface area (TPSA) is 30.5 Å². The van der Waals surface area contributed by atoms with Crippen molar-refractivity contribution in [2.75, 3.05) is 7.11 Å². The summed E-state index contributed by atoms with van der Waals surface area (Å²) in [5.41, 5.74) is 7.21.